The molecule has 2 aromatic carbocycles. The number of anilines is 1. The molecule has 27 heavy (non-hydrogen) atoms. The molecular weight excluding hydrogens is 336 g/mol. The van der Waals surface area contributed by atoms with Gasteiger partial charge in [-0.3, -0.25) is 9.48 Å². The van der Waals surface area contributed by atoms with Crippen molar-refractivity contribution in [3.05, 3.63) is 77.1 Å². The molecule has 0 aliphatic heterocycles. The first kappa shape index (κ1) is 15.8. The van der Waals surface area contributed by atoms with Gasteiger partial charge in [0, 0.05) is 24.3 Å². The molecule has 2 heterocycles. The number of nitrogens with one attached hydrogen (secondary N) is 1. The van der Waals surface area contributed by atoms with E-state index >= 15 is 0 Å². The van der Waals surface area contributed by atoms with Crippen LogP contribution in [0, 0.1) is 6.92 Å². The summed E-state index contributed by atoms with van der Waals surface area (Å²) in [6.07, 6.45) is 2.50. The summed E-state index contributed by atoms with van der Waals surface area (Å²) in [5.74, 6) is -0.164. The molecule has 0 saturated heterocycles. The van der Waals surface area contributed by atoms with Crippen molar-refractivity contribution in [2.45, 2.75) is 13.3 Å². The number of hydrogen-bond acceptors (Lipinski definition) is 3. The van der Waals surface area contributed by atoms with Gasteiger partial charge in [0.1, 0.15) is 0 Å². The number of aromatic nitrogens is 3. The van der Waals surface area contributed by atoms with Crippen LogP contribution in [-0.4, -0.2) is 20.7 Å². The van der Waals surface area contributed by atoms with Gasteiger partial charge in [0.15, 0.2) is 5.65 Å². The lowest BCUT2D eigenvalue weighted by Crippen LogP contribution is -2.12. The Labute approximate surface area is 156 Å². The van der Waals surface area contributed by atoms with E-state index in [-0.39, 0.29) is 5.91 Å². The molecule has 0 atom stereocenters. The number of pyridine rings is 1. The van der Waals surface area contributed by atoms with Crippen LogP contribution in [0.15, 0.2) is 54.7 Å². The maximum Gasteiger partial charge on any atom is 0.257 e. The molecule has 1 N–H and O–H groups in total. The van der Waals surface area contributed by atoms with Gasteiger partial charge in [-0.2, -0.15) is 5.10 Å². The van der Waals surface area contributed by atoms with E-state index in [9.17, 15) is 4.79 Å². The summed E-state index contributed by atoms with van der Waals surface area (Å²) < 4.78 is 1.73. The fraction of sp³-hybridized carbons (Fsp3) is 0.136. The number of fused-ring (bicyclic) bond motifs is 4. The number of amides is 1. The fourth-order valence-electron chi connectivity index (χ4n) is 3.86. The molecule has 5 rings (SSSR count). The highest BCUT2D eigenvalue weighted by atomic mass is 16.1. The van der Waals surface area contributed by atoms with Crippen LogP contribution >= 0.6 is 0 Å². The Hall–Kier alpha value is -3.47. The Morgan fingerprint density at radius 2 is 1.89 bits per heavy atom. The van der Waals surface area contributed by atoms with Crippen LogP contribution in [0.1, 0.15) is 27.2 Å². The monoisotopic (exact) mass is 354 g/mol. The van der Waals surface area contributed by atoms with Crippen molar-refractivity contribution in [2.75, 3.05) is 5.32 Å². The number of benzene rings is 2. The van der Waals surface area contributed by atoms with Crippen LogP contribution in [0.25, 0.3) is 22.2 Å². The number of nitrogens with zero attached hydrogens (tertiary/aromatic N) is 3. The van der Waals surface area contributed by atoms with Crippen LogP contribution in [0.5, 0.6) is 0 Å². The quantitative estimate of drug-likeness (QED) is 0.519. The first-order chi connectivity index (χ1) is 13.1. The minimum absolute atomic E-state index is 0.164. The van der Waals surface area contributed by atoms with Gasteiger partial charge in [-0.05, 0) is 53.8 Å². The molecular formula is C22H18N4O. The zero-order valence-electron chi connectivity index (χ0n) is 15.2. The number of carbonyl (C=O) groups excluding carboxylic acids is 1. The van der Waals surface area contributed by atoms with Gasteiger partial charge >= 0.3 is 0 Å². The summed E-state index contributed by atoms with van der Waals surface area (Å²) in [7, 11) is 1.85. The number of hydrogen-bond donors (Lipinski definition) is 1. The van der Waals surface area contributed by atoms with E-state index in [4.69, 9.17) is 0 Å². The van der Waals surface area contributed by atoms with Gasteiger partial charge in [-0.15, -0.1) is 0 Å². The summed E-state index contributed by atoms with van der Waals surface area (Å²) in [5.41, 5.74) is 8.08. The van der Waals surface area contributed by atoms with Crippen molar-refractivity contribution in [1.82, 2.24) is 14.8 Å². The Bertz CT molecular complexity index is 1220. The predicted octanol–water partition coefficient (Wildman–Crippen LogP) is 4.10. The molecule has 0 fully saturated rings. The second-order valence-corrected chi connectivity index (χ2v) is 6.96. The molecule has 1 amide bonds. The zero-order valence-corrected chi connectivity index (χ0v) is 15.2. The Morgan fingerprint density at radius 1 is 1.07 bits per heavy atom. The predicted molar refractivity (Wildman–Crippen MR) is 106 cm³/mol. The lowest BCUT2D eigenvalue weighted by Gasteiger charge is -2.08. The topological polar surface area (TPSA) is 59.8 Å². The van der Waals surface area contributed by atoms with Crippen molar-refractivity contribution in [3.63, 3.8) is 0 Å². The van der Waals surface area contributed by atoms with Gasteiger partial charge in [0.2, 0.25) is 0 Å². The summed E-state index contributed by atoms with van der Waals surface area (Å²) >= 11 is 0. The highest BCUT2D eigenvalue weighted by Crippen LogP contribution is 2.37. The summed E-state index contributed by atoms with van der Waals surface area (Å²) in [5, 5.41) is 8.25. The number of carbonyl (C=O) groups is 1. The maximum absolute atomic E-state index is 12.7. The lowest BCUT2D eigenvalue weighted by atomic mass is 10.1. The first-order valence-electron chi connectivity index (χ1n) is 8.92. The molecule has 2 aromatic heterocycles. The molecule has 0 spiro atoms. The highest BCUT2D eigenvalue weighted by molar-refractivity contribution is 6.06. The molecule has 1 aliphatic carbocycles. The van der Waals surface area contributed by atoms with Crippen molar-refractivity contribution < 1.29 is 4.79 Å². The SMILES string of the molecule is Cc1nn(C)c2ncc(C(=O)Nc3ccc4c(c3)Cc3ccccc3-4)cc12. The van der Waals surface area contributed by atoms with Crippen LogP contribution in [-0.2, 0) is 13.5 Å². The Balaban J connectivity index is 1.43. The van der Waals surface area contributed by atoms with E-state index in [1.54, 1.807) is 10.9 Å². The second-order valence-electron chi connectivity index (χ2n) is 6.96. The Kier molecular flexibility index (Phi) is 3.37. The fourth-order valence-corrected chi connectivity index (χ4v) is 3.86. The van der Waals surface area contributed by atoms with E-state index < -0.39 is 0 Å². The molecule has 5 nitrogen and oxygen atoms in total. The Morgan fingerprint density at radius 3 is 2.78 bits per heavy atom. The smallest absolute Gasteiger partial charge is 0.257 e. The summed E-state index contributed by atoms with van der Waals surface area (Å²) in [6.45, 7) is 1.92. The van der Waals surface area contributed by atoms with Crippen LogP contribution < -0.4 is 5.32 Å². The third-order valence-electron chi connectivity index (χ3n) is 5.18. The number of rotatable bonds is 2. The van der Waals surface area contributed by atoms with Crippen LogP contribution in [0.2, 0.25) is 0 Å². The average molecular weight is 354 g/mol. The van der Waals surface area contributed by atoms with Crippen molar-refractivity contribution in [2.24, 2.45) is 7.05 Å². The molecule has 132 valence electrons. The molecule has 0 unspecified atom stereocenters. The van der Waals surface area contributed by atoms with Crippen LogP contribution in [0.4, 0.5) is 5.69 Å². The average Bonchev–Trinajstić information content (AvgIpc) is 3.18. The van der Waals surface area contributed by atoms with Gasteiger partial charge in [0.25, 0.3) is 5.91 Å². The maximum atomic E-state index is 12.7. The normalized spacial score (nSPS) is 12.1. The van der Waals surface area contributed by atoms with Gasteiger partial charge in [0.05, 0.1) is 11.3 Å². The first-order valence-corrected chi connectivity index (χ1v) is 8.92. The standard InChI is InChI=1S/C22H18N4O/c1-13-20-11-16(12-23-21(20)26(2)25-13)22(27)24-17-7-8-19-15(10-17)9-14-5-3-4-6-18(14)19/h3-8,10-12H,9H2,1-2H3,(H,24,27). The van der Waals surface area contributed by atoms with Crippen molar-refractivity contribution >= 4 is 22.6 Å². The zero-order chi connectivity index (χ0) is 18.5. The van der Waals surface area contributed by atoms with Crippen molar-refractivity contribution in [1.29, 1.82) is 0 Å². The van der Waals surface area contributed by atoms with E-state index in [0.29, 0.717) is 5.56 Å². The van der Waals surface area contributed by atoms with Crippen molar-refractivity contribution in [3.8, 4) is 11.1 Å². The highest BCUT2D eigenvalue weighted by Gasteiger charge is 2.18. The number of aryl methyl sites for hydroxylation is 2. The van der Waals surface area contributed by atoms with E-state index in [1.807, 2.05) is 26.1 Å². The van der Waals surface area contributed by atoms with Gasteiger partial charge in [-0.25, -0.2) is 4.98 Å². The molecule has 0 bridgehead atoms. The largest absolute Gasteiger partial charge is 0.322 e. The summed E-state index contributed by atoms with van der Waals surface area (Å²) in [4.78, 5) is 17.1. The third kappa shape index (κ3) is 2.51. The molecule has 0 radical (unpaired) electrons. The molecule has 4 aromatic rings. The third-order valence-corrected chi connectivity index (χ3v) is 5.18. The van der Waals surface area contributed by atoms with E-state index in [0.717, 1.165) is 28.8 Å². The second kappa shape index (κ2) is 5.77. The minimum atomic E-state index is -0.164. The lowest BCUT2D eigenvalue weighted by molar-refractivity contribution is 0.102. The van der Waals surface area contributed by atoms with E-state index in [2.05, 4.69) is 51.8 Å². The molecule has 5 heteroatoms. The molecule has 1 aliphatic rings. The van der Waals surface area contributed by atoms with Crippen LogP contribution in [0.3, 0.4) is 0 Å². The van der Waals surface area contributed by atoms with Gasteiger partial charge in [-0.1, -0.05) is 30.3 Å². The van der Waals surface area contributed by atoms with E-state index in [1.165, 1.54) is 22.3 Å². The molecule has 0 saturated carbocycles. The minimum Gasteiger partial charge on any atom is -0.322 e. The summed E-state index contributed by atoms with van der Waals surface area (Å²) in [6, 6.07) is 16.4. The van der Waals surface area contributed by atoms with Gasteiger partial charge < -0.3 is 5.32 Å².